The number of hydrogen-bond acceptors (Lipinski definition) is 3. The lowest BCUT2D eigenvalue weighted by atomic mass is 10.2. The molecule has 0 aliphatic rings. The van der Waals surface area contributed by atoms with Crippen molar-refractivity contribution in [2.75, 3.05) is 11.4 Å². The standard InChI is InChI=1S/C12H23N3O/c1-6-7-15(9(2)3)12-11(8-16)10(4)13-14(12)5/h9,16H,6-8H2,1-5H3. The molecule has 1 aromatic rings. The van der Waals surface area contributed by atoms with Crippen molar-refractivity contribution in [2.45, 2.75) is 46.8 Å². The maximum Gasteiger partial charge on any atom is 0.132 e. The minimum absolute atomic E-state index is 0.0575. The molecule has 0 fully saturated rings. The first-order valence-corrected chi connectivity index (χ1v) is 5.92. The molecule has 0 amide bonds. The van der Waals surface area contributed by atoms with E-state index in [9.17, 15) is 5.11 Å². The van der Waals surface area contributed by atoms with Crippen LogP contribution < -0.4 is 4.90 Å². The summed E-state index contributed by atoms with van der Waals surface area (Å²) >= 11 is 0. The second kappa shape index (κ2) is 5.34. The zero-order chi connectivity index (χ0) is 12.3. The number of nitrogens with zero attached hydrogens (tertiary/aromatic N) is 3. The summed E-state index contributed by atoms with van der Waals surface area (Å²) in [7, 11) is 1.94. The van der Waals surface area contributed by atoms with Crippen LogP contribution in [-0.2, 0) is 13.7 Å². The highest BCUT2D eigenvalue weighted by Crippen LogP contribution is 2.25. The third kappa shape index (κ3) is 2.38. The maximum atomic E-state index is 9.43. The van der Waals surface area contributed by atoms with Gasteiger partial charge in [-0.25, -0.2) is 0 Å². The first-order chi connectivity index (χ1) is 7.52. The van der Waals surface area contributed by atoms with Crippen LogP contribution in [0.5, 0.6) is 0 Å². The van der Waals surface area contributed by atoms with Crippen LogP contribution >= 0.6 is 0 Å². The molecular weight excluding hydrogens is 202 g/mol. The van der Waals surface area contributed by atoms with Crippen LogP contribution in [0.3, 0.4) is 0 Å². The number of aliphatic hydroxyl groups is 1. The molecule has 4 heteroatoms. The Bertz CT molecular complexity index is 344. The highest BCUT2D eigenvalue weighted by atomic mass is 16.3. The van der Waals surface area contributed by atoms with Gasteiger partial charge in [-0.05, 0) is 27.2 Å². The predicted molar refractivity (Wildman–Crippen MR) is 66.6 cm³/mol. The largest absolute Gasteiger partial charge is 0.391 e. The van der Waals surface area contributed by atoms with Crippen molar-refractivity contribution in [3.8, 4) is 0 Å². The van der Waals surface area contributed by atoms with Crippen molar-refractivity contribution in [3.63, 3.8) is 0 Å². The first-order valence-electron chi connectivity index (χ1n) is 5.92. The Morgan fingerprint density at radius 2 is 2.06 bits per heavy atom. The number of anilines is 1. The van der Waals surface area contributed by atoms with Gasteiger partial charge < -0.3 is 10.0 Å². The molecule has 1 N–H and O–H groups in total. The number of aromatic nitrogens is 2. The molecule has 0 saturated heterocycles. The number of aryl methyl sites for hydroxylation is 2. The van der Waals surface area contributed by atoms with Crippen LogP contribution in [0, 0.1) is 6.92 Å². The Labute approximate surface area is 97.9 Å². The highest BCUT2D eigenvalue weighted by molar-refractivity contribution is 5.50. The third-order valence-corrected chi connectivity index (χ3v) is 2.83. The van der Waals surface area contributed by atoms with Gasteiger partial charge in [-0.1, -0.05) is 6.92 Å². The lowest BCUT2D eigenvalue weighted by molar-refractivity contribution is 0.281. The quantitative estimate of drug-likeness (QED) is 0.831. The zero-order valence-corrected chi connectivity index (χ0v) is 11.0. The minimum Gasteiger partial charge on any atom is -0.391 e. The van der Waals surface area contributed by atoms with Gasteiger partial charge in [-0.2, -0.15) is 5.10 Å². The summed E-state index contributed by atoms with van der Waals surface area (Å²) in [6, 6.07) is 0.417. The topological polar surface area (TPSA) is 41.3 Å². The summed E-state index contributed by atoms with van der Waals surface area (Å²) in [6.07, 6.45) is 1.09. The molecule has 1 rings (SSSR count). The maximum absolute atomic E-state index is 9.43. The summed E-state index contributed by atoms with van der Waals surface area (Å²) in [5.41, 5.74) is 1.87. The van der Waals surface area contributed by atoms with Crippen LogP contribution in [-0.4, -0.2) is 27.5 Å². The molecule has 0 saturated carbocycles. The van der Waals surface area contributed by atoms with E-state index in [0.717, 1.165) is 30.0 Å². The van der Waals surface area contributed by atoms with Gasteiger partial charge in [-0.15, -0.1) is 0 Å². The number of rotatable bonds is 5. The zero-order valence-electron chi connectivity index (χ0n) is 11.0. The fourth-order valence-corrected chi connectivity index (χ4v) is 2.08. The van der Waals surface area contributed by atoms with Crippen molar-refractivity contribution in [3.05, 3.63) is 11.3 Å². The Kier molecular flexibility index (Phi) is 4.35. The lowest BCUT2D eigenvalue weighted by Gasteiger charge is -2.29. The predicted octanol–water partition coefficient (Wildman–Crippen LogP) is 1.85. The molecule has 1 heterocycles. The summed E-state index contributed by atoms with van der Waals surface area (Å²) in [5, 5.41) is 13.8. The van der Waals surface area contributed by atoms with E-state index in [1.165, 1.54) is 0 Å². The Hall–Kier alpha value is -1.03. The average molecular weight is 225 g/mol. The van der Waals surface area contributed by atoms with Gasteiger partial charge >= 0.3 is 0 Å². The molecule has 0 atom stereocenters. The van der Waals surface area contributed by atoms with Gasteiger partial charge in [-0.3, -0.25) is 4.68 Å². The van der Waals surface area contributed by atoms with E-state index >= 15 is 0 Å². The van der Waals surface area contributed by atoms with Gasteiger partial charge in [0.05, 0.1) is 12.3 Å². The fraction of sp³-hybridized carbons (Fsp3) is 0.750. The second-order valence-electron chi connectivity index (χ2n) is 4.46. The number of hydrogen-bond donors (Lipinski definition) is 1. The average Bonchev–Trinajstić information content (AvgIpc) is 2.49. The molecule has 0 aliphatic heterocycles. The molecule has 4 nitrogen and oxygen atoms in total. The minimum atomic E-state index is 0.0575. The molecule has 16 heavy (non-hydrogen) atoms. The van der Waals surface area contributed by atoms with Crippen LogP contribution in [0.25, 0.3) is 0 Å². The molecule has 0 spiro atoms. The second-order valence-corrected chi connectivity index (χ2v) is 4.46. The summed E-state index contributed by atoms with van der Waals surface area (Å²) in [5.74, 6) is 1.05. The summed E-state index contributed by atoms with van der Waals surface area (Å²) in [6.45, 7) is 9.49. The van der Waals surface area contributed by atoms with Crippen molar-refractivity contribution in [1.29, 1.82) is 0 Å². The van der Waals surface area contributed by atoms with Crippen LogP contribution in [0.4, 0.5) is 5.82 Å². The molecular formula is C12H23N3O. The Morgan fingerprint density at radius 3 is 2.50 bits per heavy atom. The SMILES string of the molecule is CCCN(c1c(CO)c(C)nn1C)C(C)C. The van der Waals surface area contributed by atoms with Crippen molar-refractivity contribution in [1.82, 2.24) is 9.78 Å². The van der Waals surface area contributed by atoms with Gasteiger partial charge in [0.25, 0.3) is 0 Å². The molecule has 0 aliphatic carbocycles. The van der Waals surface area contributed by atoms with E-state index < -0.39 is 0 Å². The summed E-state index contributed by atoms with van der Waals surface area (Å²) in [4.78, 5) is 2.30. The Balaban J connectivity index is 3.16. The molecule has 92 valence electrons. The van der Waals surface area contributed by atoms with Crippen molar-refractivity contribution in [2.24, 2.45) is 7.05 Å². The Morgan fingerprint density at radius 1 is 1.44 bits per heavy atom. The molecule has 1 aromatic heterocycles. The molecule has 0 aromatic carbocycles. The first kappa shape index (κ1) is 13.0. The van der Waals surface area contributed by atoms with Crippen LogP contribution in [0.1, 0.15) is 38.4 Å². The molecule has 0 unspecified atom stereocenters. The monoisotopic (exact) mass is 225 g/mol. The van der Waals surface area contributed by atoms with E-state index in [-0.39, 0.29) is 6.61 Å². The molecule has 0 radical (unpaired) electrons. The fourth-order valence-electron chi connectivity index (χ4n) is 2.08. The van der Waals surface area contributed by atoms with E-state index in [0.29, 0.717) is 6.04 Å². The van der Waals surface area contributed by atoms with Gasteiger partial charge in [0.15, 0.2) is 0 Å². The van der Waals surface area contributed by atoms with Gasteiger partial charge in [0.2, 0.25) is 0 Å². The van der Waals surface area contributed by atoms with Crippen LogP contribution in [0.2, 0.25) is 0 Å². The number of aliphatic hydroxyl groups excluding tert-OH is 1. The van der Waals surface area contributed by atoms with E-state index in [4.69, 9.17) is 0 Å². The van der Waals surface area contributed by atoms with Crippen molar-refractivity contribution >= 4 is 5.82 Å². The third-order valence-electron chi connectivity index (χ3n) is 2.83. The van der Waals surface area contributed by atoms with E-state index in [1.807, 2.05) is 18.7 Å². The highest BCUT2D eigenvalue weighted by Gasteiger charge is 2.20. The molecule has 0 bridgehead atoms. The van der Waals surface area contributed by atoms with Crippen LogP contribution in [0.15, 0.2) is 0 Å². The summed E-state index contributed by atoms with van der Waals surface area (Å²) < 4.78 is 1.87. The van der Waals surface area contributed by atoms with Gasteiger partial charge in [0, 0.05) is 25.2 Å². The normalized spacial score (nSPS) is 11.2. The van der Waals surface area contributed by atoms with E-state index in [2.05, 4.69) is 30.8 Å². The smallest absolute Gasteiger partial charge is 0.132 e. The van der Waals surface area contributed by atoms with E-state index in [1.54, 1.807) is 0 Å². The van der Waals surface area contributed by atoms with Crippen molar-refractivity contribution < 1.29 is 5.11 Å². The lowest BCUT2D eigenvalue weighted by Crippen LogP contribution is -2.33. The van der Waals surface area contributed by atoms with Gasteiger partial charge in [0.1, 0.15) is 5.82 Å².